The van der Waals surface area contributed by atoms with Gasteiger partial charge in [0.15, 0.2) is 0 Å². The third-order valence-electron chi connectivity index (χ3n) is 2.74. The predicted octanol–water partition coefficient (Wildman–Crippen LogP) is 1.78. The molecule has 0 amide bonds. The van der Waals surface area contributed by atoms with Crippen molar-refractivity contribution < 1.29 is 23.8 Å². The maximum absolute atomic E-state index is 11.8. The van der Waals surface area contributed by atoms with Gasteiger partial charge in [0.1, 0.15) is 18.1 Å². The van der Waals surface area contributed by atoms with Crippen LogP contribution in [0.5, 0.6) is 5.75 Å². The number of ether oxygens (including phenoxy) is 3. The summed E-state index contributed by atoms with van der Waals surface area (Å²) in [5, 5.41) is 0. The Labute approximate surface area is 118 Å². The number of carbonyl (C=O) groups is 2. The Morgan fingerprint density at radius 2 is 1.80 bits per heavy atom. The highest BCUT2D eigenvalue weighted by molar-refractivity contribution is 5.85. The molecule has 20 heavy (non-hydrogen) atoms. The molecular formula is C15H20O5. The average molecular weight is 280 g/mol. The molecule has 0 fully saturated rings. The number of ketones is 1. The molecule has 0 spiro atoms. The van der Waals surface area contributed by atoms with E-state index < -0.39 is 0 Å². The van der Waals surface area contributed by atoms with Crippen LogP contribution < -0.4 is 4.74 Å². The molecule has 1 aromatic carbocycles. The maximum Gasteiger partial charge on any atom is 0.305 e. The molecule has 1 aromatic rings. The van der Waals surface area contributed by atoms with Crippen molar-refractivity contribution >= 4 is 11.8 Å². The Kier molecular flexibility index (Phi) is 7.35. The van der Waals surface area contributed by atoms with Crippen molar-refractivity contribution in [1.29, 1.82) is 0 Å². The largest absolute Gasteiger partial charge is 0.491 e. The van der Waals surface area contributed by atoms with E-state index in [0.717, 1.165) is 5.56 Å². The second-order valence-electron chi connectivity index (χ2n) is 4.24. The number of benzene rings is 1. The Hall–Kier alpha value is -1.88. The molecule has 110 valence electrons. The monoisotopic (exact) mass is 280 g/mol. The van der Waals surface area contributed by atoms with Crippen LogP contribution in [0, 0.1) is 0 Å². The lowest BCUT2D eigenvalue weighted by Gasteiger charge is -2.10. The van der Waals surface area contributed by atoms with E-state index in [9.17, 15) is 9.59 Å². The molecule has 0 saturated heterocycles. The minimum absolute atomic E-state index is 0.0156. The van der Waals surface area contributed by atoms with Gasteiger partial charge in [0, 0.05) is 25.5 Å². The van der Waals surface area contributed by atoms with E-state index in [0.29, 0.717) is 19.0 Å². The van der Waals surface area contributed by atoms with Crippen LogP contribution in [0.15, 0.2) is 24.3 Å². The Balaban J connectivity index is 2.53. The normalized spacial score (nSPS) is 10.1. The quantitative estimate of drug-likeness (QED) is 0.509. The first-order valence-corrected chi connectivity index (χ1v) is 6.45. The molecular weight excluding hydrogens is 260 g/mol. The first-order chi connectivity index (χ1) is 9.67. The van der Waals surface area contributed by atoms with Crippen LogP contribution >= 0.6 is 0 Å². The number of esters is 1. The zero-order chi connectivity index (χ0) is 14.8. The molecule has 0 aromatic heterocycles. The van der Waals surface area contributed by atoms with Gasteiger partial charge in [0.25, 0.3) is 0 Å². The van der Waals surface area contributed by atoms with Gasteiger partial charge < -0.3 is 14.2 Å². The first kappa shape index (κ1) is 16.2. The second-order valence-corrected chi connectivity index (χ2v) is 4.24. The van der Waals surface area contributed by atoms with E-state index in [1.165, 1.54) is 7.11 Å². The molecule has 0 aliphatic carbocycles. The highest BCUT2D eigenvalue weighted by Crippen LogP contribution is 2.19. The third kappa shape index (κ3) is 5.84. The first-order valence-electron chi connectivity index (χ1n) is 6.45. The Morgan fingerprint density at radius 1 is 1.05 bits per heavy atom. The van der Waals surface area contributed by atoms with Gasteiger partial charge in [-0.15, -0.1) is 0 Å². The molecule has 1 rings (SSSR count). The van der Waals surface area contributed by atoms with Gasteiger partial charge in [-0.05, 0) is 6.07 Å². The van der Waals surface area contributed by atoms with Crippen LogP contribution in [-0.2, 0) is 25.5 Å². The maximum atomic E-state index is 11.8. The minimum Gasteiger partial charge on any atom is -0.491 e. The van der Waals surface area contributed by atoms with Crippen LogP contribution in [-0.4, -0.2) is 39.2 Å². The summed E-state index contributed by atoms with van der Waals surface area (Å²) < 4.78 is 15.0. The highest BCUT2D eigenvalue weighted by atomic mass is 16.5. The van der Waals surface area contributed by atoms with Crippen molar-refractivity contribution in [2.24, 2.45) is 0 Å². The summed E-state index contributed by atoms with van der Waals surface area (Å²) >= 11 is 0. The highest BCUT2D eigenvalue weighted by Gasteiger charge is 2.11. The van der Waals surface area contributed by atoms with E-state index in [4.69, 9.17) is 9.47 Å². The standard InChI is InChI=1S/C15H20O5/c1-18-9-10-20-14-6-4-3-5-12(14)11-13(16)7-8-15(17)19-2/h3-6H,7-11H2,1-2H3. The fraction of sp³-hybridized carbons (Fsp3) is 0.467. The molecule has 0 bridgehead atoms. The molecule has 0 N–H and O–H groups in total. The lowest BCUT2D eigenvalue weighted by molar-refractivity contribution is -0.141. The molecule has 5 nitrogen and oxygen atoms in total. The molecule has 0 heterocycles. The van der Waals surface area contributed by atoms with E-state index in [1.807, 2.05) is 24.3 Å². The van der Waals surface area contributed by atoms with E-state index >= 15 is 0 Å². The lowest BCUT2D eigenvalue weighted by Crippen LogP contribution is -2.10. The van der Waals surface area contributed by atoms with E-state index in [2.05, 4.69) is 4.74 Å². The number of rotatable bonds is 9. The predicted molar refractivity (Wildman–Crippen MR) is 73.8 cm³/mol. The molecule has 5 heteroatoms. The van der Waals surface area contributed by atoms with Crippen LogP contribution in [0.4, 0.5) is 0 Å². The van der Waals surface area contributed by atoms with Crippen LogP contribution in [0.2, 0.25) is 0 Å². The van der Waals surface area contributed by atoms with Gasteiger partial charge in [0.2, 0.25) is 0 Å². The fourth-order valence-electron chi connectivity index (χ4n) is 1.67. The van der Waals surface area contributed by atoms with Crippen molar-refractivity contribution in [2.45, 2.75) is 19.3 Å². The third-order valence-corrected chi connectivity index (χ3v) is 2.74. The Bertz CT molecular complexity index is 442. The summed E-state index contributed by atoms with van der Waals surface area (Å²) in [4.78, 5) is 22.8. The topological polar surface area (TPSA) is 61.8 Å². The summed E-state index contributed by atoms with van der Waals surface area (Å²) in [5.74, 6) is 0.289. The number of methoxy groups -OCH3 is 2. The van der Waals surface area contributed by atoms with Crippen molar-refractivity contribution in [2.75, 3.05) is 27.4 Å². The number of hydrogen-bond donors (Lipinski definition) is 0. The van der Waals surface area contributed by atoms with Crippen LogP contribution in [0.25, 0.3) is 0 Å². The van der Waals surface area contributed by atoms with Crippen molar-refractivity contribution in [3.05, 3.63) is 29.8 Å². The van der Waals surface area contributed by atoms with Crippen molar-refractivity contribution in [3.63, 3.8) is 0 Å². The molecule has 0 aliphatic rings. The zero-order valence-electron chi connectivity index (χ0n) is 11.9. The van der Waals surface area contributed by atoms with Gasteiger partial charge in [0.05, 0.1) is 20.1 Å². The summed E-state index contributed by atoms with van der Waals surface area (Å²) in [6.45, 7) is 0.925. The van der Waals surface area contributed by atoms with Gasteiger partial charge in [-0.3, -0.25) is 9.59 Å². The lowest BCUT2D eigenvalue weighted by atomic mass is 10.0. The average Bonchev–Trinajstić information content (AvgIpc) is 2.46. The molecule has 0 radical (unpaired) electrons. The van der Waals surface area contributed by atoms with Gasteiger partial charge in [-0.25, -0.2) is 0 Å². The van der Waals surface area contributed by atoms with Gasteiger partial charge >= 0.3 is 5.97 Å². The molecule has 0 unspecified atom stereocenters. The summed E-state index contributed by atoms with van der Waals surface area (Å²) in [6.07, 6.45) is 0.543. The summed E-state index contributed by atoms with van der Waals surface area (Å²) in [6, 6.07) is 7.37. The second kappa shape index (κ2) is 9.09. The smallest absolute Gasteiger partial charge is 0.305 e. The number of Topliss-reactive ketones (excluding diaryl/α,β-unsaturated/α-hetero) is 1. The van der Waals surface area contributed by atoms with E-state index in [1.54, 1.807) is 7.11 Å². The minimum atomic E-state index is -0.372. The van der Waals surface area contributed by atoms with Gasteiger partial charge in [-0.2, -0.15) is 0 Å². The molecule has 0 atom stereocenters. The summed E-state index contributed by atoms with van der Waals surface area (Å²) in [7, 11) is 2.91. The number of carbonyl (C=O) groups excluding carboxylic acids is 2. The molecule has 0 saturated carbocycles. The summed E-state index contributed by atoms with van der Waals surface area (Å²) in [5.41, 5.74) is 0.818. The number of para-hydroxylation sites is 1. The zero-order valence-corrected chi connectivity index (χ0v) is 11.9. The van der Waals surface area contributed by atoms with Gasteiger partial charge in [-0.1, -0.05) is 18.2 Å². The number of hydrogen-bond acceptors (Lipinski definition) is 5. The van der Waals surface area contributed by atoms with Crippen LogP contribution in [0.3, 0.4) is 0 Å². The fourth-order valence-corrected chi connectivity index (χ4v) is 1.67. The Morgan fingerprint density at radius 3 is 2.50 bits per heavy atom. The van der Waals surface area contributed by atoms with Crippen molar-refractivity contribution in [3.8, 4) is 5.75 Å². The van der Waals surface area contributed by atoms with E-state index in [-0.39, 0.29) is 31.0 Å². The van der Waals surface area contributed by atoms with Crippen molar-refractivity contribution in [1.82, 2.24) is 0 Å². The molecule has 0 aliphatic heterocycles. The SMILES string of the molecule is COCCOc1ccccc1CC(=O)CCC(=O)OC. The van der Waals surface area contributed by atoms with Crippen LogP contribution in [0.1, 0.15) is 18.4 Å².